The van der Waals surface area contributed by atoms with Gasteiger partial charge in [0.15, 0.2) is 0 Å². The molecule has 0 atom stereocenters. The Morgan fingerprint density at radius 3 is 2.63 bits per heavy atom. The molecule has 5 rings (SSSR count). The van der Waals surface area contributed by atoms with Gasteiger partial charge >= 0.3 is 0 Å². The Labute approximate surface area is 156 Å². The molecule has 6 heteroatoms. The van der Waals surface area contributed by atoms with Crippen LogP contribution in [0.5, 0.6) is 0 Å². The quantitative estimate of drug-likeness (QED) is 0.517. The highest BCUT2D eigenvalue weighted by molar-refractivity contribution is 5.98. The van der Waals surface area contributed by atoms with Crippen molar-refractivity contribution >= 4 is 21.9 Å². The van der Waals surface area contributed by atoms with Gasteiger partial charge in [0.05, 0.1) is 11.2 Å². The first kappa shape index (κ1) is 15.8. The summed E-state index contributed by atoms with van der Waals surface area (Å²) >= 11 is 0. The third-order valence-corrected chi connectivity index (χ3v) is 5.26. The standard InChI is InChI=1S/C21H20N6/c1-12-20(13(2)27(4)24-12)15-8-17-18(10-23-21(17)22-9-15)14-5-6-19-16(7-14)11-26(3)25-19/h5-11H,1-4H3,(H,22,23). The highest BCUT2D eigenvalue weighted by Gasteiger charge is 2.15. The molecule has 6 nitrogen and oxygen atoms in total. The molecule has 5 aromatic rings. The lowest BCUT2D eigenvalue weighted by atomic mass is 10.0. The van der Waals surface area contributed by atoms with E-state index in [1.54, 1.807) is 0 Å². The predicted molar refractivity (Wildman–Crippen MR) is 107 cm³/mol. The molecule has 0 radical (unpaired) electrons. The number of nitrogens with one attached hydrogen (secondary N) is 1. The predicted octanol–water partition coefficient (Wildman–Crippen LogP) is 4.13. The minimum absolute atomic E-state index is 0.888. The first-order valence-electron chi connectivity index (χ1n) is 8.93. The van der Waals surface area contributed by atoms with Gasteiger partial charge in [0, 0.05) is 65.8 Å². The second-order valence-electron chi connectivity index (χ2n) is 7.07. The van der Waals surface area contributed by atoms with Crippen LogP contribution in [0.15, 0.2) is 42.9 Å². The SMILES string of the molecule is Cc1nn(C)c(C)c1-c1cnc2[nH]cc(-c3ccc4nn(C)cc4c3)c2c1. The van der Waals surface area contributed by atoms with Crippen LogP contribution in [0.2, 0.25) is 0 Å². The fraction of sp³-hybridized carbons (Fsp3) is 0.190. The zero-order valence-electron chi connectivity index (χ0n) is 15.8. The van der Waals surface area contributed by atoms with Crippen molar-refractivity contribution in [3.05, 3.63) is 54.2 Å². The first-order valence-corrected chi connectivity index (χ1v) is 8.93. The monoisotopic (exact) mass is 356 g/mol. The second kappa shape index (κ2) is 5.54. The van der Waals surface area contributed by atoms with Crippen LogP contribution in [-0.2, 0) is 14.1 Å². The van der Waals surface area contributed by atoms with Crippen LogP contribution in [0, 0.1) is 13.8 Å². The lowest BCUT2D eigenvalue weighted by Crippen LogP contribution is -1.92. The van der Waals surface area contributed by atoms with E-state index in [0.29, 0.717) is 0 Å². The number of aryl methyl sites for hydroxylation is 3. The molecule has 0 bridgehead atoms. The van der Waals surface area contributed by atoms with Gasteiger partial charge in [0.1, 0.15) is 5.65 Å². The molecule has 0 amide bonds. The fourth-order valence-corrected chi connectivity index (χ4v) is 3.89. The Bertz CT molecular complexity index is 1320. The molecular formula is C21H20N6. The van der Waals surface area contributed by atoms with Crippen molar-refractivity contribution in [3.63, 3.8) is 0 Å². The van der Waals surface area contributed by atoms with Gasteiger partial charge in [-0.15, -0.1) is 0 Å². The summed E-state index contributed by atoms with van der Waals surface area (Å²) < 4.78 is 3.76. The summed E-state index contributed by atoms with van der Waals surface area (Å²) in [5.41, 5.74) is 8.59. The minimum Gasteiger partial charge on any atom is -0.346 e. The second-order valence-corrected chi connectivity index (χ2v) is 7.07. The minimum atomic E-state index is 0.888. The number of aromatic amines is 1. The highest BCUT2D eigenvalue weighted by Crippen LogP contribution is 2.34. The fourth-order valence-electron chi connectivity index (χ4n) is 3.89. The zero-order valence-corrected chi connectivity index (χ0v) is 15.8. The molecule has 1 N–H and O–H groups in total. The third kappa shape index (κ3) is 2.37. The maximum absolute atomic E-state index is 4.65. The highest BCUT2D eigenvalue weighted by atomic mass is 15.3. The molecule has 27 heavy (non-hydrogen) atoms. The largest absolute Gasteiger partial charge is 0.346 e. The number of H-pyrrole nitrogens is 1. The van der Waals surface area contributed by atoms with Crippen molar-refractivity contribution in [2.75, 3.05) is 0 Å². The van der Waals surface area contributed by atoms with Gasteiger partial charge in [-0.1, -0.05) is 6.07 Å². The Hall–Kier alpha value is -3.41. The Morgan fingerprint density at radius 2 is 1.85 bits per heavy atom. The average Bonchev–Trinajstić information content (AvgIpc) is 3.29. The van der Waals surface area contributed by atoms with Gasteiger partial charge in [0.2, 0.25) is 0 Å². The van der Waals surface area contributed by atoms with Gasteiger partial charge in [0.25, 0.3) is 0 Å². The van der Waals surface area contributed by atoms with Crippen LogP contribution in [-0.4, -0.2) is 29.5 Å². The Morgan fingerprint density at radius 1 is 1.00 bits per heavy atom. The van der Waals surface area contributed by atoms with Crippen LogP contribution in [0.4, 0.5) is 0 Å². The third-order valence-electron chi connectivity index (χ3n) is 5.26. The van der Waals surface area contributed by atoms with Crippen molar-refractivity contribution in [1.82, 2.24) is 29.5 Å². The average molecular weight is 356 g/mol. The summed E-state index contributed by atoms with van der Waals surface area (Å²) in [4.78, 5) is 7.95. The molecule has 0 unspecified atom stereocenters. The summed E-state index contributed by atoms with van der Waals surface area (Å²) in [7, 11) is 3.92. The van der Waals surface area contributed by atoms with Crippen molar-refractivity contribution in [3.8, 4) is 22.3 Å². The van der Waals surface area contributed by atoms with Crippen LogP contribution in [0.1, 0.15) is 11.4 Å². The van der Waals surface area contributed by atoms with E-state index in [2.05, 4.69) is 51.4 Å². The summed E-state index contributed by atoms with van der Waals surface area (Å²) in [6, 6.07) is 8.57. The topological polar surface area (TPSA) is 64.3 Å². The molecule has 0 fully saturated rings. The number of rotatable bonds is 2. The lowest BCUT2D eigenvalue weighted by Gasteiger charge is -2.04. The molecule has 0 aliphatic heterocycles. The van der Waals surface area contributed by atoms with Crippen molar-refractivity contribution < 1.29 is 0 Å². The Balaban J connectivity index is 1.71. The summed E-state index contributed by atoms with van der Waals surface area (Å²) in [6.07, 6.45) is 5.99. The molecule has 1 aromatic carbocycles. The molecule has 134 valence electrons. The van der Waals surface area contributed by atoms with E-state index >= 15 is 0 Å². The molecule has 0 aliphatic carbocycles. The van der Waals surface area contributed by atoms with Crippen LogP contribution in [0.25, 0.3) is 44.2 Å². The number of benzene rings is 1. The maximum atomic E-state index is 4.65. The summed E-state index contributed by atoms with van der Waals surface area (Å²) in [5, 5.41) is 11.2. The van der Waals surface area contributed by atoms with E-state index in [1.165, 1.54) is 0 Å². The van der Waals surface area contributed by atoms with Crippen molar-refractivity contribution in [2.45, 2.75) is 13.8 Å². The molecule has 0 saturated heterocycles. The van der Waals surface area contributed by atoms with Gasteiger partial charge < -0.3 is 4.98 Å². The molecule has 0 saturated carbocycles. The van der Waals surface area contributed by atoms with Crippen molar-refractivity contribution in [2.24, 2.45) is 14.1 Å². The summed E-state index contributed by atoms with van der Waals surface area (Å²) in [6.45, 7) is 4.13. The first-order chi connectivity index (χ1) is 13.0. The van der Waals surface area contributed by atoms with E-state index in [4.69, 9.17) is 0 Å². The number of fused-ring (bicyclic) bond motifs is 2. The van der Waals surface area contributed by atoms with Crippen LogP contribution < -0.4 is 0 Å². The smallest absolute Gasteiger partial charge is 0.137 e. The van der Waals surface area contributed by atoms with Crippen molar-refractivity contribution in [1.29, 1.82) is 0 Å². The molecule has 4 heterocycles. The van der Waals surface area contributed by atoms with E-state index < -0.39 is 0 Å². The van der Waals surface area contributed by atoms with E-state index in [1.807, 2.05) is 49.0 Å². The number of hydrogen-bond donors (Lipinski definition) is 1. The van der Waals surface area contributed by atoms with Gasteiger partial charge in [-0.3, -0.25) is 9.36 Å². The van der Waals surface area contributed by atoms with E-state index in [-0.39, 0.29) is 0 Å². The number of nitrogens with zero attached hydrogens (tertiary/aromatic N) is 5. The van der Waals surface area contributed by atoms with Gasteiger partial charge in [-0.2, -0.15) is 10.2 Å². The molecule has 0 spiro atoms. The van der Waals surface area contributed by atoms with Gasteiger partial charge in [-0.05, 0) is 37.6 Å². The Kier molecular flexibility index (Phi) is 3.25. The molecular weight excluding hydrogens is 336 g/mol. The normalized spacial score (nSPS) is 11.7. The number of pyridine rings is 1. The zero-order chi connectivity index (χ0) is 18.7. The van der Waals surface area contributed by atoms with E-state index in [0.717, 1.165) is 55.6 Å². The van der Waals surface area contributed by atoms with E-state index in [9.17, 15) is 0 Å². The van der Waals surface area contributed by atoms with Crippen LogP contribution >= 0.6 is 0 Å². The lowest BCUT2D eigenvalue weighted by molar-refractivity contribution is 0.731. The van der Waals surface area contributed by atoms with Crippen LogP contribution in [0.3, 0.4) is 0 Å². The molecule has 4 aromatic heterocycles. The van der Waals surface area contributed by atoms with Gasteiger partial charge in [-0.25, -0.2) is 4.98 Å². The number of hydrogen-bond acceptors (Lipinski definition) is 3. The maximum Gasteiger partial charge on any atom is 0.137 e. The molecule has 0 aliphatic rings. The number of aromatic nitrogens is 6. The summed E-state index contributed by atoms with van der Waals surface area (Å²) in [5.74, 6) is 0.